The lowest BCUT2D eigenvalue weighted by Crippen LogP contribution is -2.62. The summed E-state index contributed by atoms with van der Waals surface area (Å²) in [6, 6.07) is 13.1. The first-order valence-corrected chi connectivity index (χ1v) is 12.9. The molecule has 0 unspecified atom stereocenters. The van der Waals surface area contributed by atoms with E-state index in [4.69, 9.17) is 28.9 Å². The summed E-state index contributed by atoms with van der Waals surface area (Å²) in [5.74, 6) is 0.422. The van der Waals surface area contributed by atoms with Crippen LogP contribution >= 0.6 is 23.2 Å². The van der Waals surface area contributed by atoms with Gasteiger partial charge in [0.25, 0.3) is 0 Å². The lowest BCUT2D eigenvalue weighted by Gasteiger charge is -2.55. The highest BCUT2D eigenvalue weighted by Gasteiger charge is 2.44. The second-order valence-electron chi connectivity index (χ2n) is 9.99. The van der Waals surface area contributed by atoms with E-state index in [9.17, 15) is 4.79 Å². The Morgan fingerprint density at radius 3 is 2.46 bits per heavy atom. The molecule has 190 valence electrons. The molecule has 2 aliphatic heterocycles. The molecule has 0 atom stereocenters. The molecule has 11 heteroatoms. The van der Waals surface area contributed by atoms with Gasteiger partial charge in [-0.25, -0.2) is 14.3 Å². The van der Waals surface area contributed by atoms with Crippen LogP contribution in [0.25, 0.3) is 16.7 Å². The Balaban J connectivity index is 1.21. The summed E-state index contributed by atoms with van der Waals surface area (Å²) in [6.07, 6.45) is 4.12. The number of para-hydroxylation sites is 1. The Kier molecular flexibility index (Phi) is 5.94. The molecule has 3 N–H and O–H groups in total. The van der Waals surface area contributed by atoms with Crippen LogP contribution in [0.3, 0.4) is 0 Å². The maximum atomic E-state index is 12.9. The fourth-order valence-corrected chi connectivity index (χ4v) is 6.09. The van der Waals surface area contributed by atoms with E-state index in [1.807, 2.05) is 12.1 Å². The number of fused-ring (bicyclic) bond motifs is 1. The molecule has 4 heterocycles. The van der Waals surface area contributed by atoms with E-state index in [1.54, 1.807) is 18.2 Å². The first-order valence-electron chi connectivity index (χ1n) is 12.1. The molecule has 0 saturated carbocycles. The zero-order chi connectivity index (χ0) is 25.7. The van der Waals surface area contributed by atoms with Gasteiger partial charge in [-0.1, -0.05) is 29.3 Å². The molecule has 2 aromatic heterocycles. The quantitative estimate of drug-likeness (QED) is 0.396. The maximum absolute atomic E-state index is 12.9. The number of nitrogens with zero attached hydrogens (tertiary/aromatic N) is 6. The van der Waals surface area contributed by atoms with Crippen molar-refractivity contribution in [3.63, 3.8) is 0 Å². The van der Waals surface area contributed by atoms with Gasteiger partial charge in [-0.2, -0.15) is 9.97 Å². The van der Waals surface area contributed by atoms with E-state index in [-0.39, 0.29) is 27.2 Å². The van der Waals surface area contributed by atoms with Gasteiger partial charge in [0.05, 0.1) is 21.1 Å². The van der Waals surface area contributed by atoms with Gasteiger partial charge in [0.15, 0.2) is 5.65 Å². The largest absolute Gasteiger partial charge is 0.384 e. The van der Waals surface area contributed by atoms with Crippen molar-refractivity contribution in [2.45, 2.75) is 12.8 Å². The van der Waals surface area contributed by atoms with E-state index in [1.165, 1.54) is 42.4 Å². The van der Waals surface area contributed by atoms with Crippen molar-refractivity contribution >= 4 is 57.4 Å². The minimum absolute atomic E-state index is 0.109. The Hall–Kier alpha value is -3.40. The summed E-state index contributed by atoms with van der Waals surface area (Å²) >= 11 is 12.6. The van der Waals surface area contributed by atoms with Crippen molar-refractivity contribution in [2.24, 2.45) is 5.41 Å². The van der Waals surface area contributed by atoms with Crippen LogP contribution in [-0.4, -0.2) is 57.6 Å². The van der Waals surface area contributed by atoms with Crippen LogP contribution in [0.1, 0.15) is 12.8 Å². The number of halogens is 2. The summed E-state index contributed by atoms with van der Waals surface area (Å²) in [6.45, 7) is 4.58. The van der Waals surface area contributed by atoms with E-state index >= 15 is 0 Å². The first kappa shape index (κ1) is 24.0. The predicted molar refractivity (Wildman–Crippen MR) is 148 cm³/mol. The highest BCUT2D eigenvalue weighted by atomic mass is 35.5. The monoisotopic (exact) mass is 536 g/mol. The molecular weight excluding hydrogens is 511 g/mol. The standard InChI is InChI=1S/C26H26Cl2N8O/c1-34-11-3-10-26(13-34)14-35(15-26)17-8-6-16(7-9-17)31-24-30-12-18-22(29)36(25(37)33-23(18)32-24)21-19(27)4-2-5-20(21)28/h2,4-9,12H,3,10-11,13-15,29H2,1H3,(H,31,32,33,37). The minimum atomic E-state index is -0.634. The summed E-state index contributed by atoms with van der Waals surface area (Å²) in [5, 5.41) is 4.16. The van der Waals surface area contributed by atoms with Gasteiger partial charge in [0.1, 0.15) is 5.82 Å². The third kappa shape index (κ3) is 4.37. The molecule has 6 rings (SSSR count). The second-order valence-corrected chi connectivity index (χ2v) is 10.8. The molecule has 2 saturated heterocycles. The van der Waals surface area contributed by atoms with Crippen LogP contribution in [0.4, 0.5) is 23.1 Å². The van der Waals surface area contributed by atoms with Gasteiger partial charge in [-0.05, 0) is 62.8 Å². The average molecular weight is 537 g/mol. The topological polar surface area (TPSA) is 105 Å². The normalized spacial score (nSPS) is 17.2. The predicted octanol–water partition coefficient (Wildman–Crippen LogP) is 4.34. The summed E-state index contributed by atoms with van der Waals surface area (Å²) in [7, 11) is 2.22. The van der Waals surface area contributed by atoms with Crippen LogP contribution in [0.2, 0.25) is 10.0 Å². The Morgan fingerprint density at radius 2 is 1.76 bits per heavy atom. The van der Waals surface area contributed by atoms with Gasteiger partial charge in [-0.3, -0.25) is 0 Å². The molecule has 37 heavy (non-hydrogen) atoms. The number of likely N-dealkylation sites (tertiary alicyclic amines) is 1. The lowest BCUT2D eigenvalue weighted by molar-refractivity contribution is 0.0784. The molecule has 0 bridgehead atoms. The number of piperidine rings is 1. The number of hydrogen-bond acceptors (Lipinski definition) is 8. The number of anilines is 4. The van der Waals surface area contributed by atoms with E-state index in [0.29, 0.717) is 16.7 Å². The minimum Gasteiger partial charge on any atom is -0.384 e. The fourth-order valence-electron chi connectivity index (χ4n) is 5.53. The van der Waals surface area contributed by atoms with Gasteiger partial charge < -0.3 is 20.9 Å². The molecular formula is C26H26Cl2N8O. The zero-order valence-corrected chi connectivity index (χ0v) is 21.8. The molecule has 0 radical (unpaired) electrons. The van der Waals surface area contributed by atoms with E-state index in [2.05, 4.69) is 49.2 Å². The zero-order valence-electron chi connectivity index (χ0n) is 20.3. The molecule has 2 aliphatic rings. The van der Waals surface area contributed by atoms with Crippen LogP contribution < -0.4 is 21.6 Å². The van der Waals surface area contributed by atoms with Gasteiger partial charge in [0.2, 0.25) is 5.95 Å². The molecule has 0 amide bonds. The molecule has 1 spiro atoms. The van der Waals surface area contributed by atoms with E-state index in [0.717, 1.165) is 18.8 Å². The second kappa shape index (κ2) is 9.16. The number of aromatic nitrogens is 4. The molecule has 2 fully saturated rings. The highest BCUT2D eigenvalue weighted by Crippen LogP contribution is 2.41. The number of nitrogen functional groups attached to an aromatic ring is 1. The fraction of sp³-hybridized carbons (Fsp3) is 0.308. The number of rotatable bonds is 4. The Labute approximate surface area is 223 Å². The average Bonchev–Trinajstić information content (AvgIpc) is 2.84. The number of hydrogen-bond donors (Lipinski definition) is 2. The maximum Gasteiger partial charge on any atom is 0.355 e. The lowest BCUT2D eigenvalue weighted by atomic mass is 9.73. The third-order valence-corrected chi connectivity index (χ3v) is 7.84. The van der Waals surface area contributed by atoms with Crippen LogP contribution in [0.5, 0.6) is 0 Å². The van der Waals surface area contributed by atoms with Crippen LogP contribution in [0.15, 0.2) is 53.5 Å². The first-order chi connectivity index (χ1) is 17.8. The summed E-state index contributed by atoms with van der Waals surface area (Å²) in [4.78, 5) is 30.6. The van der Waals surface area contributed by atoms with Crippen molar-refractivity contribution in [3.8, 4) is 5.69 Å². The highest BCUT2D eigenvalue weighted by molar-refractivity contribution is 6.37. The number of benzene rings is 2. The van der Waals surface area contributed by atoms with Crippen molar-refractivity contribution < 1.29 is 0 Å². The van der Waals surface area contributed by atoms with Gasteiger partial charge in [0, 0.05) is 42.6 Å². The number of nitrogens with two attached hydrogens (primary N) is 1. The number of nitrogens with one attached hydrogen (secondary N) is 1. The van der Waals surface area contributed by atoms with Crippen molar-refractivity contribution in [3.05, 3.63) is 69.2 Å². The molecule has 9 nitrogen and oxygen atoms in total. The summed E-state index contributed by atoms with van der Waals surface area (Å²) in [5.41, 5.74) is 8.61. The Bertz CT molecular complexity index is 1530. The van der Waals surface area contributed by atoms with Gasteiger partial charge >= 0.3 is 5.69 Å². The van der Waals surface area contributed by atoms with Gasteiger partial charge in [-0.15, -0.1) is 0 Å². The smallest absolute Gasteiger partial charge is 0.355 e. The van der Waals surface area contributed by atoms with Crippen molar-refractivity contribution in [2.75, 3.05) is 49.2 Å². The molecule has 4 aromatic rings. The van der Waals surface area contributed by atoms with Crippen LogP contribution in [0, 0.1) is 5.41 Å². The molecule has 2 aromatic carbocycles. The third-order valence-electron chi connectivity index (χ3n) is 7.23. The van der Waals surface area contributed by atoms with Crippen molar-refractivity contribution in [1.82, 2.24) is 24.4 Å². The van der Waals surface area contributed by atoms with E-state index < -0.39 is 5.69 Å². The van der Waals surface area contributed by atoms with Crippen LogP contribution in [-0.2, 0) is 0 Å². The SMILES string of the molecule is CN1CCCC2(C1)CN(c1ccc(Nc3ncc4c(N)n(-c5c(Cl)cccc5Cl)c(=O)nc4n3)cc1)C2. The Morgan fingerprint density at radius 1 is 1.03 bits per heavy atom. The summed E-state index contributed by atoms with van der Waals surface area (Å²) < 4.78 is 1.17. The van der Waals surface area contributed by atoms with Crippen molar-refractivity contribution in [1.29, 1.82) is 0 Å². The molecule has 0 aliphatic carbocycles.